The van der Waals surface area contributed by atoms with Gasteiger partial charge in [-0.3, -0.25) is 14.3 Å². The van der Waals surface area contributed by atoms with Gasteiger partial charge in [0.1, 0.15) is 0 Å². The molecule has 104 valence electrons. The molecule has 0 saturated carbocycles. The van der Waals surface area contributed by atoms with Crippen molar-refractivity contribution in [2.45, 2.75) is 0 Å². The molecule has 0 fully saturated rings. The number of amides is 1. The number of rotatable bonds is 5. The molecule has 9 heteroatoms. The van der Waals surface area contributed by atoms with Gasteiger partial charge >= 0.3 is 5.97 Å². The standard InChI is InChI=1S/C10H11ClN2O5S/c1-12-10(16)6-2-3-7(11)8(4-6)13-19(17,18)5-9(14)15/h2-4,13H,5H2,1H3,(H,12,16)(H,14,15). The van der Waals surface area contributed by atoms with Crippen LogP contribution in [-0.4, -0.2) is 38.2 Å². The third kappa shape index (κ3) is 4.42. The third-order valence-corrected chi connectivity index (χ3v) is 3.52. The summed E-state index contributed by atoms with van der Waals surface area (Å²) >= 11 is 5.78. The molecule has 0 aromatic heterocycles. The quantitative estimate of drug-likeness (QED) is 0.734. The van der Waals surface area contributed by atoms with Crippen LogP contribution in [0.3, 0.4) is 0 Å². The van der Waals surface area contributed by atoms with Crippen molar-refractivity contribution in [3.63, 3.8) is 0 Å². The molecule has 7 nitrogen and oxygen atoms in total. The van der Waals surface area contributed by atoms with Gasteiger partial charge in [0, 0.05) is 12.6 Å². The first kappa shape index (κ1) is 15.3. The zero-order valence-electron chi connectivity index (χ0n) is 9.81. The van der Waals surface area contributed by atoms with E-state index in [1.807, 2.05) is 4.72 Å². The fourth-order valence-corrected chi connectivity index (χ4v) is 2.38. The Morgan fingerprint density at radius 1 is 1.37 bits per heavy atom. The summed E-state index contributed by atoms with van der Waals surface area (Å²) in [5.74, 6) is -3.01. The van der Waals surface area contributed by atoms with Gasteiger partial charge in [0.05, 0.1) is 10.7 Å². The predicted octanol–water partition coefficient (Wildman–Crippen LogP) is 0.526. The molecule has 1 amide bonds. The summed E-state index contributed by atoms with van der Waals surface area (Å²) in [6.07, 6.45) is 0. The predicted molar refractivity (Wildman–Crippen MR) is 69.9 cm³/mol. The summed E-state index contributed by atoms with van der Waals surface area (Å²) < 4.78 is 24.9. The molecule has 1 aromatic rings. The maximum absolute atomic E-state index is 11.5. The molecular weight excluding hydrogens is 296 g/mol. The molecule has 0 radical (unpaired) electrons. The minimum absolute atomic E-state index is 0.0518. The van der Waals surface area contributed by atoms with Gasteiger partial charge in [0.25, 0.3) is 5.91 Å². The lowest BCUT2D eigenvalue weighted by molar-refractivity contribution is -0.134. The molecule has 0 atom stereocenters. The van der Waals surface area contributed by atoms with Crippen LogP contribution in [0.25, 0.3) is 0 Å². The molecule has 0 spiro atoms. The van der Waals surface area contributed by atoms with Gasteiger partial charge in [-0.25, -0.2) is 8.42 Å². The second-order valence-corrected chi connectivity index (χ2v) is 5.66. The van der Waals surface area contributed by atoms with Crippen LogP contribution in [-0.2, 0) is 14.8 Å². The molecule has 1 aromatic carbocycles. The maximum atomic E-state index is 11.5. The Labute approximate surface area is 114 Å². The minimum atomic E-state index is -4.07. The number of aliphatic carboxylic acids is 1. The number of halogens is 1. The number of nitrogens with one attached hydrogen (secondary N) is 2. The largest absolute Gasteiger partial charge is 0.480 e. The molecule has 0 unspecified atom stereocenters. The van der Waals surface area contributed by atoms with Gasteiger partial charge < -0.3 is 10.4 Å². The Hall–Kier alpha value is -1.80. The van der Waals surface area contributed by atoms with Crippen LogP contribution in [0.2, 0.25) is 5.02 Å². The van der Waals surface area contributed by atoms with E-state index in [9.17, 15) is 18.0 Å². The average Bonchev–Trinajstić information content (AvgIpc) is 2.29. The number of benzene rings is 1. The zero-order valence-corrected chi connectivity index (χ0v) is 11.4. The van der Waals surface area contributed by atoms with E-state index in [2.05, 4.69) is 5.32 Å². The molecule has 0 heterocycles. The fraction of sp³-hybridized carbons (Fsp3) is 0.200. The van der Waals surface area contributed by atoms with Crippen molar-refractivity contribution in [1.82, 2.24) is 5.32 Å². The Kier molecular flexibility index (Phi) is 4.73. The van der Waals surface area contributed by atoms with Gasteiger partial charge in [-0.05, 0) is 18.2 Å². The van der Waals surface area contributed by atoms with E-state index in [4.69, 9.17) is 16.7 Å². The molecule has 0 aliphatic carbocycles. The average molecular weight is 307 g/mol. The lowest BCUT2D eigenvalue weighted by Crippen LogP contribution is -2.23. The van der Waals surface area contributed by atoms with Crippen LogP contribution in [0.1, 0.15) is 10.4 Å². The van der Waals surface area contributed by atoms with E-state index < -0.39 is 27.7 Å². The molecule has 0 aliphatic heterocycles. The van der Waals surface area contributed by atoms with E-state index >= 15 is 0 Å². The van der Waals surface area contributed by atoms with Crippen molar-refractivity contribution >= 4 is 39.2 Å². The van der Waals surface area contributed by atoms with Gasteiger partial charge in [-0.15, -0.1) is 0 Å². The molecule has 0 bridgehead atoms. The number of carboxylic acids is 1. The third-order valence-electron chi connectivity index (χ3n) is 2.03. The minimum Gasteiger partial charge on any atom is -0.480 e. The number of anilines is 1. The number of hydrogen-bond donors (Lipinski definition) is 3. The van der Waals surface area contributed by atoms with Crippen LogP contribution in [0.5, 0.6) is 0 Å². The van der Waals surface area contributed by atoms with Gasteiger partial charge in [0.15, 0.2) is 5.75 Å². The van der Waals surface area contributed by atoms with Crippen LogP contribution >= 0.6 is 11.6 Å². The second kappa shape index (κ2) is 5.89. The first-order valence-electron chi connectivity index (χ1n) is 4.99. The van der Waals surface area contributed by atoms with Gasteiger partial charge in [-0.2, -0.15) is 0 Å². The normalized spacial score (nSPS) is 10.8. The first-order chi connectivity index (χ1) is 8.75. The lowest BCUT2D eigenvalue weighted by Gasteiger charge is -2.09. The van der Waals surface area contributed by atoms with Crippen LogP contribution < -0.4 is 10.0 Å². The first-order valence-corrected chi connectivity index (χ1v) is 7.02. The van der Waals surface area contributed by atoms with Crippen LogP contribution in [0, 0.1) is 0 Å². The van der Waals surface area contributed by atoms with Crippen molar-refractivity contribution < 1.29 is 23.1 Å². The highest BCUT2D eigenvalue weighted by atomic mass is 35.5. The zero-order chi connectivity index (χ0) is 14.6. The molecule has 1 rings (SSSR count). The number of sulfonamides is 1. The van der Waals surface area contributed by atoms with E-state index in [1.54, 1.807) is 0 Å². The van der Waals surface area contributed by atoms with Crippen molar-refractivity contribution in [1.29, 1.82) is 0 Å². The summed E-state index contributed by atoms with van der Waals surface area (Å²) in [6.45, 7) is 0. The number of carbonyl (C=O) groups is 2. The van der Waals surface area contributed by atoms with E-state index in [0.717, 1.165) is 0 Å². The summed E-state index contributed by atoms with van der Waals surface area (Å²) in [6, 6.07) is 3.97. The second-order valence-electron chi connectivity index (χ2n) is 3.53. The summed E-state index contributed by atoms with van der Waals surface area (Å²) in [4.78, 5) is 21.8. The maximum Gasteiger partial charge on any atom is 0.320 e. The topological polar surface area (TPSA) is 113 Å². The van der Waals surface area contributed by atoms with E-state index in [1.165, 1.54) is 25.2 Å². The molecule has 3 N–H and O–H groups in total. The lowest BCUT2D eigenvalue weighted by atomic mass is 10.2. The highest BCUT2D eigenvalue weighted by Gasteiger charge is 2.18. The monoisotopic (exact) mass is 306 g/mol. The summed E-state index contributed by atoms with van der Waals surface area (Å²) in [5.41, 5.74) is 0.143. The van der Waals surface area contributed by atoms with Crippen LogP contribution in [0.4, 0.5) is 5.69 Å². The Bertz CT molecular complexity index is 614. The smallest absolute Gasteiger partial charge is 0.320 e. The SMILES string of the molecule is CNC(=O)c1ccc(Cl)c(NS(=O)(=O)CC(=O)O)c1. The number of carbonyl (C=O) groups excluding carboxylic acids is 1. The molecular formula is C10H11ClN2O5S. The highest BCUT2D eigenvalue weighted by Crippen LogP contribution is 2.24. The summed E-state index contributed by atoms with van der Waals surface area (Å²) in [7, 11) is -2.65. The van der Waals surface area contributed by atoms with Crippen molar-refractivity contribution in [2.24, 2.45) is 0 Å². The molecule has 0 saturated heterocycles. The van der Waals surface area contributed by atoms with Gasteiger partial charge in [0.2, 0.25) is 10.0 Å². The highest BCUT2D eigenvalue weighted by molar-refractivity contribution is 7.93. The number of hydrogen-bond acceptors (Lipinski definition) is 4. The Morgan fingerprint density at radius 3 is 2.53 bits per heavy atom. The van der Waals surface area contributed by atoms with E-state index in [-0.39, 0.29) is 16.3 Å². The fourth-order valence-electron chi connectivity index (χ4n) is 1.26. The van der Waals surface area contributed by atoms with Crippen LogP contribution in [0.15, 0.2) is 18.2 Å². The Morgan fingerprint density at radius 2 is 2.00 bits per heavy atom. The van der Waals surface area contributed by atoms with Gasteiger partial charge in [-0.1, -0.05) is 11.6 Å². The van der Waals surface area contributed by atoms with E-state index in [0.29, 0.717) is 0 Å². The van der Waals surface area contributed by atoms with Crippen molar-refractivity contribution in [3.8, 4) is 0 Å². The van der Waals surface area contributed by atoms with Crippen molar-refractivity contribution in [2.75, 3.05) is 17.5 Å². The molecule has 19 heavy (non-hydrogen) atoms. The number of carboxylic acid groups (broad SMARTS) is 1. The summed E-state index contributed by atoms with van der Waals surface area (Å²) in [5, 5.41) is 10.9. The van der Waals surface area contributed by atoms with Crippen molar-refractivity contribution in [3.05, 3.63) is 28.8 Å². The molecule has 0 aliphatic rings. The Balaban J connectivity index is 3.07.